The maximum Gasteiger partial charge on any atom is 0.255 e. The van der Waals surface area contributed by atoms with Gasteiger partial charge in [0.05, 0.1) is 0 Å². The summed E-state index contributed by atoms with van der Waals surface area (Å²) < 4.78 is 0. The highest BCUT2D eigenvalue weighted by Gasteiger charge is 2.15. The summed E-state index contributed by atoms with van der Waals surface area (Å²) >= 11 is 0. The molecule has 2 aromatic rings. The standard InChI is InChI=1S/C16H15N3O2/c17-12-3-1-2-11(8-12)16(21)18-13-5-6-14-10(9-13)4-7-15(20)19-14/h1-3,5-6,8-9H,4,7,17H2,(H,18,21)(H,19,20). The lowest BCUT2D eigenvalue weighted by Gasteiger charge is -2.17. The molecule has 0 unspecified atom stereocenters. The number of fused-ring (bicyclic) bond motifs is 1. The lowest BCUT2D eigenvalue weighted by Crippen LogP contribution is -2.19. The van der Waals surface area contributed by atoms with Gasteiger partial charge in [0, 0.05) is 29.0 Å². The molecule has 5 heteroatoms. The summed E-state index contributed by atoms with van der Waals surface area (Å²) in [6, 6.07) is 12.3. The molecule has 1 aliphatic heterocycles. The van der Waals surface area contributed by atoms with Gasteiger partial charge in [0.1, 0.15) is 0 Å². The molecule has 2 amide bonds. The largest absolute Gasteiger partial charge is 0.399 e. The molecule has 21 heavy (non-hydrogen) atoms. The van der Waals surface area contributed by atoms with Crippen molar-refractivity contribution < 1.29 is 9.59 Å². The first-order valence-corrected chi connectivity index (χ1v) is 6.71. The van der Waals surface area contributed by atoms with Crippen LogP contribution in [0.2, 0.25) is 0 Å². The molecule has 0 aliphatic carbocycles. The molecule has 4 N–H and O–H groups in total. The van der Waals surface area contributed by atoms with Crippen LogP contribution in [0, 0.1) is 0 Å². The van der Waals surface area contributed by atoms with Crippen molar-refractivity contribution in [1.29, 1.82) is 0 Å². The van der Waals surface area contributed by atoms with E-state index in [2.05, 4.69) is 10.6 Å². The fourth-order valence-electron chi connectivity index (χ4n) is 2.34. The third kappa shape index (κ3) is 2.86. The Labute approximate surface area is 122 Å². The van der Waals surface area contributed by atoms with E-state index in [1.807, 2.05) is 6.07 Å². The van der Waals surface area contributed by atoms with Gasteiger partial charge in [0.15, 0.2) is 0 Å². The van der Waals surface area contributed by atoms with Crippen LogP contribution < -0.4 is 16.4 Å². The van der Waals surface area contributed by atoms with Crippen LogP contribution in [0.3, 0.4) is 0 Å². The average molecular weight is 281 g/mol. The molecule has 3 rings (SSSR count). The van der Waals surface area contributed by atoms with Gasteiger partial charge in [-0.15, -0.1) is 0 Å². The Morgan fingerprint density at radius 3 is 2.81 bits per heavy atom. The number of nitrogens with two attached hydrogens (primary N) is 1. The summed E-state index contributed by atoms with van der Waals surface area (Å²) in [5.74, 6) is -0.179. The Morgan fingerprint density at radius 2 is 2.00 bits per heavy atom. The fraction of sp³-hybridized carbons (Fsp3) is 0.125. The van der Waals surface area contributed by atoms with Crippen LogP contribution in [0.15, 0.2) is 42.5 Å². The van der Waals surface area contributed by atoms with E-state index < -0.39 is 0 Å². The molecule has 1 heterocycles. The Morgan fingerprint density at radius 1 is 1.14 bits per heavy atom. The zero-order valence-corrected chi connectivity index (χ0v) is 11.3. The Bertz CT molecular complexity index is 725. The van der Waals surface area contributed by atoms with Gasteiger partial charge in [0.25, 0.3) is 5.91 Å². The maximum absolute atomic E-state index is 12.2. The van der Waals surface area contributed by atoms with Crippen LogP contribution in [0.1, 0.15) is 22.3 Å². The van der Waals surface area contributed by atoms with Crippen LogP contribution >= 0.6 is 0 Å². The highest BCUT2D eigenvalue weighted by atomic mass is 16.2. The average Bonchev–Trinajstić information content (AvgIpc) is 2.47. The third-order valence-corrected chi connectivity index (χ3v) is 3.41. The van der Waals surface area contributed by atoms with Gasteiger partial charge in [-0.2, -0.15) is 0 Å². The molecule has 1 aliphatic rings. The highest BCUT2D eigenvalue weighted by molar-refractivity contribution is 6.05. The minimum absolute atomic E-state index is 0.0269. The minimum Gasteiger partial charge on any atom is -0.399 e. The van der Waals surface area contributed by atoms with E-state index in [9.17, 15) is 9.59 Å². The second kappa shape index (κ2) is 5.28. The Balaban J connectivity index is 1.79. The molecule has 0 atom stereocenters. The van der Waals surface area contributed by atoms with Crippen LogP contribution in [0.25, 0.3) is 0 Å². The summed E-state index contributed by atoms with van der Waals surface area (Å²) in [6.07, 6.45) is 1.16. The molecular weight excluding hydrogens is 266 g/mol. The predicted molar refractivity (Wildman–Crippen MR) is 82.2 cm³/mol. The van der Waals surface area contributed by atoms with E-state index in [4.69, 9.17) is 5.73 Å². The first-order chi connectivity index (χ1) is 10.1. The summed E-state index contributed by atoms with van der Waals surface area (Å²) in [7, 11) is 0. The molecule has 106 valence electrons. The molecule has 0 fully saturated rings. The Kier molecular flexibility index (Phi) is 3.31. The number of carbonyl (C=O) groups is 2. The van der Waals surface area contributed by atoms with E-state index in [0.29, 0.717) is 29.8 Å². The van der Waals surface area contributed by atoms with E-state index >= 15 is 0 Å². The lowest BCUT2D eigenvalue weighted by atomic mass is 10.0. The normalized spacial score (nSPS) is 13.2. The smallest absolute Gasteiger partial charge is 0.255 e. The van der Waals surface area contributed by atoms with E-state index in [-0.39, 0.29) is 11.8 Å². The summed E-state index contributed by atoms with van der Waals surface area (Å²) in [5, 5.41) is 5.65. The number of benzene rings is 2. The van der Waals surface area contributed by atoms with Crippen molar-refractivity contribution in [2.24, 2.45) is 0 Å². The van der Waals surface area contributed by atoms with Gasteiger partial charge in [-0.05, 0) is 48.4 Å². The quantitative estimate of drug-likeness (QED) is 0.739. The number of anilines is 3. The van der Waals surface area contributed by atoms with E-state index in [1.165, 1.54) is 0 Å². The summed E-state index contributed by atoms with van der Waals surface area (Å²) in [4.78, 5) is 23.5. The topological polar surface area (TPSA) is 84.2 Å². The fourth-order valence-corrected chi connectivity index (χ4v) is 2.34. The third-order valence-electron chi connectivity index (χ3n) is 3.41. The van der Waals surface area contributed by atoms with Crippen molar-refractivity contribution in [3.63, 3.8) is 0 Å². The van der Waals surface area contributed by atoms with Gasteiger partial charge in [-0.3, -0.25) is 9.59 Å². The molecule has 2 aromatic carbocycles. The van der Waals surface area contributed by atoms with Crippen molar-refractivity contribution in [2.75, 3.05) is 16.4 Å². The van der Waals surface area contributed by atoms with Crippen molar-refractivity contribution in [1.82, 2.24) is 0 Å². The molecular formula is C16H15N3O2. The van der Waals surface area contributed by atoms with Gasteiger partial charge in [-0.25, -0.2) is 0 Å². The number of amides is 2. The van der Waals surface area contributed by atoms with Gasteiger partial charge < -0.3 is 16.4 Å². The minimum atomic E-state index is -0.206. The van der Waals surface area contributed by atoms with Crippen molar-refractivity contribution in [3.8, 4) is 0 Å². The first kappa shape index (κ1) is 13.2. The number of hydrogen-bond donors (Lipinski definition) is 3. The Hall–Kier alpha value is -2.82. The molecule has 0 spiro atoms. The van der Waals surface area contributed by atoms with Gasteiger partial charge in [-0.1, -0.05) is 6.07 Å². The zero-order valence-electron chi connectivity index (χ0n) is 11.3. The molecule has 0 bridgehead atoms. The number of carbonyl (C=O) groups excluding carboxylic acids is 2. The van der Waals surface area contributed by atoms with Crippen molar-refractivity contribution >= 4 is 28.9 Å². The van der Waals surface area contributed by atoms with Gasteiger partial charge in [0.2, 0.25) is 5.91 Å². The number of nitrogen functional groups attached to an aromatic ring is 1. The molecule has 0 saturated carbocycles. The SMILES string of the molecule is Nc1cccc(C(=O)Nc2ccc3c(c2)CCC(=O)N3)c1. The summed E-state index contributed by atoms with van der Waals surface area (Å²) in [6.45, 7) is 0. The van der Waals surface area contributed by atoms with Gasteiger partial charge >= 0.3 is 0 Å². The molecule has 5 nitrogen and oxygen atoms in total. The van der Waals surface area contributed by atoms with Crippen LogP contribution in [0.4, 0.5) is 17.1 Å². The lowest BCUT2D eigenvalue weighted by molar-refractivity contribution is -0.116. The van der Waals surface area contributed by atoms with Crippen LogP contribution in [-0.4, -0.2) is 11.8 Å². The highest BCUT2D eigenvalue weighted by Crippen LogP contribution is 2.26. The maximum atomic E-state index is 12.2. The van der Waals surface area contributed by atoms with Crippen LogP contribution in [-0.2, 0) is 11.2 Å². The van der Waals surface area contributed by atoms with Crippen LogP contribution in [0.5, 0.6) is 0 Å². The predicted octanol–water partition coefficient (Wildman–Crippen LogP) is 2.41. The van der Waals surface area contributed by atoms with E-state index in [0.717, 1.165) is 11.3 Å². The number of aryl methyl sites for hydroxylation is 1. The monoisotopic (exact) mass is 281 g/mol. The van der Waals surface area contributed by atoms with Crippen molar-refractivity contribution in [2.45, 2.75) is 12.8 Å². The number of rotatable bonds is 2. The second-order valence-corrected chi connectivity index (χ2v) is 5.00. The summed E-state index contributed by atoms with van der Waals surface area (Å²) in [5.41, 5.74) is 9.29. The zero-order chi connectivity index (χ0) is 14.8. The first-order valence-electron chi connectivity index (χ1n) is 6.71. The van der Waals surface area contributed by atoms with Crippen molar-refractivity contribution in [3.05, 3.63) is 53.6 Å². The van der Waals surface area contributed by atoms with E-state index in [1.54, 1.807) is 36.4 Å². The molecule has 0 aromatic heterocycles. The number of nitrogens with one attached hydrogen (secondary N) is 2. The molecule has 0 saturated heterocycles. The second-order valence-electron chi connectivity index (χ2n) is 5.00. The number of hydrogen-bond acceptors (Lipinski definition) is 3. The molecule has 0 radical (unpaired) electrons.